The van der Waals surface area contributed by atoms with E-state index in [2.05, 4.69) is 39.7 Å². The van der Waals surface area contributed by atoms with Crippen molar-refractivity contribution in [1.82, 2.24) is 25.2 Å². The van der Waals surface area contributed by atoms with Gasteiger partial charge in [-0.2, -0.15) is 0 Å². The number of aromatic nitrogens is 1. The molecule has 0 bridgehead atoms. The number of aryl methyl sites for hydroxylation is 1. The number of thiazole rings is 1. The Morgan fingerprint density at radius 2 is 1.88 bits per heavy atom. The van der Waals surface area contributed by atoms with Crippen LogP contribution in [0.1, 0.15) is 31.7 Å². The van der Waals surface area contributed by atoms with E-state index in [1.165, 1.54) is 29.7 Å². The van der Waals surface area contributed by atoms with Crippen LogP contribution >= 0.6 is 11.3 Å². The zero-order valence-corrected chi connectivity index (χ0v) is 20.8. The van der Waals surface area contributed by atoms with Crippen LogP contribution in [0.25, 0.3) is 11.3 Å². The average molecular weight is 487 g/mol. The third-order valence-electron chi connectivity index (χ3n) is 6.25. The highest BCUT2D eigenvalue weighted by Gasteiger charge is 2.24. The number of nitrogens with one attached hydrogen (secondary N) is 2. The molecule has 1 aromatic heterocycles. The number of methoxy groups -OCH3 is 1. The molecule has 0 radical (unpaired) electrons. The summed E-state index contributed by atoms with van der Waals surface area (Å²) in [6, 6.07) is 5.81. The molecule has 0 saturated carbocycles. The highest BCUT2D eigenvalue weighted by molar-refractivity contribution is 7.14. The first kappa shape index (κ1) is 24.4. The molecule has 1 aromatic carbocycles. The Labute approximate surface area is 205 Å². The molecule has 3 amide bonds. The number of amides is 3. The van der Waals surface area contributed by atoms with Crippen LogP contribution in [-0.2, 0) is 11.2 Å². The molecule has 2 saturated heterocycles. The van der Waals surface area contributed by atoms with E-state index in [0.29, 0.717) is 37.9 Å². The predicted octanol–water partition coefficient (Wildman–Crippen LogP) is 3.05. The largest absolute Gasteiger partial charge is 0.496 e. The molecule has 2 fully saturated rings. The molecule has 2 aliphatic rings. The maximum atomic E-state index is 12.5. The van der Waals surface area contributed by atoms with Gasteiger partial charge in [-0.25, -0.2) is 14.8 Å². The molecular formula is C24H34N6O3S. The number of hydrazine groups is 1. The lowest BCUT2D eigenvalue weighted by Crippen LogP contribution is -2.56. The molecule has 0 spiro atoms. The lowest BCUT2D eigenvalue weighted by molar-refractivity contribution is -0.134. The van der Waals surface area contributed by atoms with Crippen molar-refractivity contribution in [3.8, 4) is 17.0 Å². The minimum atomic E-state index is -0.329. The van der Waals surface area contributed by atoms with Gasteiger partial charge in [0.15, 0.2) is 5.13 Å². The summed E-state index contributed by atoms with van der Waals surface area (Å²) in [5, 5.41) is 7.12. The Morgan fingerprint density at radius 3 is 2.59 bits per heavy atom. The number of likely N-dealkylation sites (tertiary alicyclic amines) is 1. The fourth-order valence-electron chi connectivity index (χ4n) is 4.42. The molecule has 9 nitrogen and oxygen atoms in total. The van der Waals surface area contributed by atoms with Gasteiger partial charge < -0.3 is 9.64 Å². The summed E-state index contributed by atoms with van der Waals surface area (Å²) in [6.45, 7) is 7.12. The van der Waals surface area contributed by atoms with Crippen molar-refractivity contribution < 1.29 is 14.3 Å². The molecule has 0 unspecified atom stereocenters. The van der Waals surface area contributed by atoms with Crippen LogP contribution in [0.3, 0.4) is 0 Å². The lowest BCUT2D eigenvalue weighted by Gasteiger charge is -2.35. The van der Waals surface area contributed by atoms with Crippen molar-refractivity contribution in [2.45, 2.75) is 32.6 Å². The molecule has 0 atom stereocenters. The van der Waals surface area contributed by atoms with Crippen LogP contribution in [0.2, 0.25) is 0 Å². The Bertz CT molecular complexity index is 983. The number of carbonyl (C=O) groups is 2. The predicted molar refractivity (Wildman–Crippen MR) is 134 cm³/mol. The SMILES string of the molecule is CCCc1ccc(OC)c(-c2csc(NC(=O)NN3CCN(C(=O)CN4CCCC4)CC3)n2)c1. The number of hydrogen-bond acceptors (Lipinski definition) is 7. The fourth-order valence-corrected chi connectivity index (χ4v) is 5.13. The zero-order valence-electron chi connectivity index (χ0n) is 20.0. The van der Waals surface area contributed by atoms with Gasteiger partial charge in [-0.15, -0.1) is 11.3 Å². The summed E-state index contributed by atoms with van der Waals surface area (Å²) in [5.74, 6) is 0.943. The summed E-state index contributed by atoms with van der Waals surface area (Å²) in [4.78, 5) is 33.7. The van der Waals surface area contributed by atoms with Gasteiger partial charge in [0.05, 0.1) is 19.3 Å². The molecule has 2 N–H and O–H groups in total. The number of rotatable bonds is 8. The van der Waals surface area contributed by atoms with Crippen molar-refractivity contribution in [2.75, 3.05) is 58.2 Å². The van der Waals surface area contributed by atoms with E-state index >= 15 is 0 Å². The first-order chi connectivity index (χ1) is 16.6. The van der Waals surface area contributed by atoms with Gasteiger partial charge in [-0.3, -0.25) is 20.4 Å². The quantitative estimate of drug-likeness (QED) is 0.596. The number of piperazine rings is 1. The third kappa shape index (κ3) is 6.25. The molecule has 4 rings (SSSR count). The van der Waals surface area contributed by atoms with E-state index in [-0.39, 0.29) is 11.9 Å². The minimum Gasteiger partial charge on any atom is -0.496 e. The summed E-state index contributed by atoms with van der Waals surface area (Å²) < 4.78 is 5.51. The molecule has 10 heteroatoms. The number of urea groups is 1. The van der Waals surface area contributed by atoms with Gasteiger partial charge in [-0.1, -0.05) is 19.4 Å². The maximum absolute atomic E-state index is 12.5. The number of hydrogen-bond donors (Lipinski definition) is 2. The summed E-state index contributed by atoms with van der Waals surface area (Å²) in [5.41, 5.74) is 5.81. The number of anilines is 1. The Balaban J connectivity index is 1.27. The summed E-state index contributed by atoms with van der Waals surface area (Å²) in [7, 11) is 1.65. The maximum Gasteiger partial charge on any atom is 0.335 e. The van der Waals surface area contributed by atoms with Gasteiger partial charge in [0.1, 0.15) is 5.75 Å². The van der Waals surface area contributed by atoms with Crippen molar-refractivity contribution in [3.63, 3.8) is 0 Å². The second-order valence-electron chi connectivity index (χ2n) is 8.74. The first-order valence-corrected chi connectivity index (χ1v) is 12.9. The normalized spacial score (nSPS) is 17.1. The molecule has 2 aromatic rings. The summed E-state index contributed by atoms with van der Waals surface area (Å²) in [6.07, 6.45) is 4.42. The first-order valence-electron chi connectivity index (χ1n) is 12.0. The van der Waals surface area contributed by atoms with E-state index < -0.39 is 0 Å². The minimum absolute atomic E-state index is 0.180. The van der Waals surface area contributed by atoms with Gasteiger partial charge >= 0.3 is 6.03 Å². The van der Waals surface area contributed by atoms with Crippen LogP contribution in [0.4, 0.5) is 9.93 Å². The number of nitrogens with zero attached hydrogens (tertiary/aromatic N) is 4. The monoisotopic (exact) mass is 486 g/mol. The molecule has 2 aliphatic heterocycles. The van der Waals surface area contributed by atoms with E-state index in [4.69, 9.17) is 4.74 Å². The zero-order chi connectivity index (χ0) is 23.9. The highest BCUT2D eigenvalue weighted by atomic mass is 32.1. The average Bonchev–Trinajstić information content (AvgIpc) is 3.52. The van der Waals surface area contributed by atoms with Crippen LogP contribution < -0.4 is 15.5 Å². The van der Waals surface area contributed by atoms with Gasteiger partial charge in [-0.05, 0) is 50.0 Å². The fraction of sp³-hybridized carbons (Fsp3) is 0.542. The Hall–Kier alpha value is -2.69. The third-order valence-corrected chi connectivity index (χ3v) is 7.01. The van der Waals surface area contributed by atoms with E-state index in [9.17, 15) is 9.59 Å². The topological polar surface area (TPSA) is 90.0 Å². The van der Waals surface area contributed by atoms with Gasteiger partial charge in [0.25, 0.3) is 0 Å². The van der Waals surface area contributed by atoms with Crippen LogP contribution in [-0.4, -0.2) is 84.7 Å². The summed E-state index contributed by atoms with van der Waals surface area (Å²) >= 11 is 1.38. The van der Waals surface area contributed by atoms with E-state index in [1.807, 2.05) is 21.4 Å². The highest BCUT2D eigenvalue weighted by Crippen LogP contribution is 2.33. The molecule has 0 aliphatic carbocycles. The number of ether oxygens (including phenoxy) is 1. The van der Waals surface area contributed by atoms with Crippen molar-refractivity contribution in [2.24, 2.45) is 0 Å². The van der Waals surface area contributed by atoms with Gasteiger partial charge in [0, 0.05) is 37.1 Å². The van der Waals surface area contributed by atoms with Crippen molar-refractivity contribution in [1.29, 1.82) is 0 Å². The van der Waals surface area contributed by atoms with Crippen molar-refractivity contribution >= 4 is 28.4 Å². The van der Waals surface area contributed by atoms with Crippen molar-refractivity contribution in [3.05, 3.63) is 29.1 Å². The van der Waals surface area contributed by atoms with Gasteiger partial charge in [0.2, 0.25) is 5.91 Å². The second kappa shape index (κ2) is 11.6. The lowest BCUT2D eigenvalue weighted by atomic mass is 10.0. The Kier molecular flexibility index (Phi) is 8.36. The molecule has 3 heterocycles. The number of benzene rings is 1. The van der Waals surface area contributed by atoms with Crippen LogP contribution in [0.5, 0.6) is 5.75 Å². The molecule has 184 valence electrons. The second-order valence-corrected chi connectivity index (χ2v) is 9.60. The van der Waals surface area contributed by atoms with E-state index in [1.54, 1.807) is 7.11 Å². The molecular weight excluding hydrogens is 452 g/mol. The number of carbonyl (C=O) groups excluding carboxylic acids is 2. The van der Waals surface area contributed by atoms with Crippen LogP contribution in [0, 0.1) is 0 Å². The van der Waals surface area contributed by atoms with Crippen LogP contribution in [0.15, 0.2) is 23.6 Å². The smallest absolute Gasteiger partial charge is 0.335 e. The van der Waals surface area contributed by atoms with E-state index in [0.717, 1.165) is 42.9 Å². The Morgan fingerprint density at radius 1 is 1.12 bits per heavy atom. The molecule has 34 heavy (non-hydrogen) atoms. The standard InChI is InChI=1S/C24H34N6O3S/c1-3-6-18-7-8-21(33-2)19(15-18)20-17-34-24(25-20)26-23(32)27-30-13-11-29(12-14-30)22(31)16-28-9-4-5-10-28/h7-8,15,17H,3-6,9-14,16H2,1-2H3,(H2,25,26,27,32).